The van der Waals surface area contributed by atoms with Crippen molar-refractivity contribution in [2.24, 2.45) is 5.84 Å². The average Bonchev–Trinajstić information content (AvgIpc) is 2.71. The van der Waals surface area contributed by atoms with E-state index in [0.29, 0.717) is 0 Å². The molecular formula is C11H13N5O. The molecule has 0 aliphatic rings. The van der Waals surface area contributed by atoms with Crippen LogP contribution in [0.25, 0.3) is 5.69 Å². The number of nitrogen functional groups attached to an aromatic ring is 2. The van der Waals surface area contributed by atoms with E-state index in [4.69, 9.17) is 11.6 Å². The van der Waals surface area contributed by atoms with Gasteiger partial charge in [0.1, 0.15) is 11.4 Å². The number of nitrogens with two attached hydrogens (primary N) is 2. The van der Waals surface area contributed by atoms with Crippen molar-refractivity contribution in [2.45, 2.75) is 6.92 Å². The number of benzene rings is 1. The minimum Gasteiger partial charge on any atom is -0.383 e. The van der Waals surface area contributed by atoms with E-state index < -0.39 is 5.91 Å². The van der Waals surface area contributed by atoms with Crippen molar-refractivity contribution >= 4 is 11.7 Å². The second-order valence-corrected chi connectivity index (χ2v) is 3.66. The molecule has 88 valence electrons. The van der Waals surface area contributed by atoms with E-state index in [1.807, 2.05) is 36.6 Å². The highest BCUT2D eigenvalue weighted by molar-refractivity contribution is 5.98. The summed E-state index contributed by atoms with van der Waals surface area (Å²) < 4.78 is 1.49. The SMILES string of the molecule is Cc1ccc(-n2ncc(C(=O)NN)c2N)cc1. The largest absolute Gasteiger partial charge is 0.383 e. The zero-order valence-electron chi connectivity index (χ0n) is 9.34. The van der Waals surface area contributed by atoms with Gasteiger partial charge in [0.25, 0.3) is 5.91 Å². The molecule has 5 N–H and O–H groups in total. The molecule has 1 heterocycles. The van der Waals surface area contributed by atoms with E-state index in [1.165, 1.54) is 10.9 Å². The smallest absolute Gasteiger partial charge is 0.270 e. The van der Waals surface area contributed by atoms with E-state index in [1.54, 1.807) is 0 Å². The Balaban J connectivity index is 2.44. The van der Waals surface area contributed by atoms with Crippen LogP contribution < -0.4 is 17.0 Å². The standard InChI is InChI=1S/C11H13N5O/c1-7-2-4-8(5-3-7)16-10(12)9(6-14-16)11(17)15-13/h2-6H,12-13H2,1H3,(H,15,17). The first-order valence-electron chi connectivity index (χ1n) is 5.05. The Hall–Kier alpha value is -2.34. The molecule has 0 bridgehead atoms. The molecule has 6 heteroatoms. The summed E-state index contributed by atoms with van der Waals surface area (Å²) in [6.07, 6.45) is 1.39. The van der Waals surface area contributed by atoms with Gasteiger partial charge in [-0.25, -0.2) is 10.5 Å². The molecule has 2 aromatic rings. The molecule has 0 aliphatic heterocycles. The summed E-state index contributed by atoms with van der Waals surface area (Å²) in [6, 6.07) is 7.64. The van der Waals surface area contributed by atoms with Crippen molar-refractivity contribution in [1.29, 1.82) is 0 Å². The predicted molar refractivity (Wildman–Crippen MR) is 64.4 cm³/mol. The van der Waals surface area contributed by atoms with Crippen molar-refractivity contribution in [2.75, 3.05) is 5.73 Å². The van der Waals surface area contributed by atoms with Gasteiger partial charge in [0.05, 0.1) is 11.9 Å². The first-order chi connectivity index (χ1) is 8.13. The maximum Gasteiger partial charge on any atom is 0.270 e. The Labute approximate surface area is 98.2 Å². The summed E-state index contributed by atoms with van der Waals surface area (Å²) in [6.45, 7) is 1.99. The number of carbonyl (C=O) groups is 1. The van der Waals surface area contributed by atoms with Gasteiger partial charge in [0.15, 0.2) is 0 Å². The molecule has 1 aromatic heterocycles. The first-order valence-corrected chi connectivity index (χ1v) is 5.05. The van der Waals surface area contributed by atoms with Gasteiger partial charge >= 0.3 is 0 Å². The van der Waals surface area contributed by atoms with Crippen molar-refractivity contribution in [1.82, 2.24) is 15.2 Å². The lowest BCUT2D eigenvalue weighted by atomic mass is 10.2. The Kier molecular flexibility index (Phi) is 2.80. The Morgan fingerprint density at radius 2 is 2.00 bits per heavy atom. The number of anilines is 1. The molecule has 0 aliphatic carbocycles. The third-order valence-electron chi connectivity index (χ3n) is 2.46. The molecule has 17 heavy (non-hydrogen) atoms. The van der Waals surface area contributed by atoms with Crippen LogP contribution in [0.2, 0.25) is 0 Å². The van der Waals surface area contributed by atoms with Crippen molar-refractivity contribution in [3.05, 3.63) is 41.6 Å². The Bertz CT molecular complexity index is 543. The first kappa shape index (κ1) is 11.2. The molecule has 1 aromatic carbocycles. The summed E-state index contributed by atoms with van der Waals surface area (Å²) in [5, 5.41) is 4.06. The average molecular weight is 231 g/mol. The summed E-state index contributed by atoms with van der Waals surface area (Å²) in [7, 11) is 0. The summed E-state index contributed by atoms with van der Waals surface area (Å²) in [4.78, 5) is 11.4. The second-order valence-electron chi connectivity index (χ2n) is 3.66. The van der Waals surface area contributed by atoms with Gasteiger partial charge in [0, 0.05) is 0 Å². The maximum atomic E-state index is 11.4. The monoisotopic (exact) mass is 231 g/mol. The highest BCUT2D eigenvalue weighted by Crippen LogP contribution is 2.17. The molecule has 0 unspecified atom stereocenters. The fourth-order valence-corrected chi connectivity index (χ4v) is 1.50. The van der Waals surface area contributed by atoms with Crippen LogP contribution in [0.5, 0.6) is 0 Å². The Morgan fingerprint density at radius 1 is 1.35 bits per heavy atom. The van der Waals surface area contributed by atoms with Crippen LogP contribution in [-0.4, -0.2) is 15.7 Å². The second kappa shape index (κ2) is 4.26. The highest BCUT2D eigenvalue weighted by atomic mass is 16.2. The van der Waals surface area contributed by atoms with Crippen LogP contribution in [0, 0.1) is 6.92 Å². The summed E-state index contributed by atoms with van der Waals surface area (Å²) in [5.41, 5.74) is 10.0. The van der Waals surface area contributed by atoms with E-state index in [2.05, 4.69) is 5.10 Å². The molecule has 6 nitrogen and oxygen atoms in total. The van der Waals surface area contributed by atoms with Crippen LogP contribution in [0.15, 0.2) is 30.5 Å². The minimum absolute atomic E-state index is 0.257. The number of nitrogens with zero attached hydrogens (tertiary/aromatic N) is 2. The van der Waals surface area contributed by atoms with Crippen LogP contribution in [0.1, 0.15) is 15.9 Å². The molecule has 1 amide bonds. The lowest BCUT2D eigenvalue weighted by molar-refractivity contribution is 0.0954. The van der Waals surface area contributed by atoms with Gasteiger partial charge in [-0.15, -0.1) is 0 Å². The van der Waals surface area contributed by atoms with Gasteiger partial charge in [-0.05, 0) is 19.1 Å². The van der Waals surface area contributed by atoms with Crippen LogP contribution in [-0.2, 0) is 0 Å². The molecule has 2 rings (SSSR count). The van der Waals surface area contributed by atoms with Gasteiger partial charge < -0.3 is 5.73 Å². The third-order valence-corrected chi connectivity index (χ3v) is 2.46. The van der Waals surface area contributed by atoms with Crippen LogP contribution >= 0.6 is 0 Å². The lowest BCUT2D eigenvalue weighted by Crippen LogP contribution is -2.30. The number of carbonyl (C=O) groups excluding carboxylic acids is 1. The van der Waals surface area contributed by atoms with Crippen molar-refractivity contribution < 1.29 is 4.79 Å². The van der Waals surface area contributed by atoms with Gasteiger partial charge in [-0.3, -0.25) is 10.2 Å². The summed E-state index contributed by atoms with van der Waals surface area (Å²) >= 11 is 0. The minimum atomic E-state index is -0.458. The number of aromatic nitrogens is 2. The number of rotatable bonds is 2. The molecular weight excluding hydrogens is 218 g/mol. The summed E-state index contributed by atoms with van der Waals surface area (Å²) in [5.74, 6) is 4.85. The Morgan fingerprint density at radius 3 is 2.59 bits per heavy atom. The normalized spacial score (nSPS) is 10.2. The van der Waals surface area contributed by atoms with E-state index in [0.717, 1.165) is 11.3 Å². The van der Waals surface area contributed by atoms with Crippen LogP contribution in [0.4, 0.5) is 5.82 Å². The van der Waals surface area contributed by atoms with E-state index in [-0.39, 0.29) is 11.4 Å². The third kappa shape index (κ3) is 1.98. The number of nitrogens with one attached hydrogen (secondary N) is 1. The molecule has 0 radical (unpaired) electrons. The lowest BCUT2D eigenvalue weighted by Gasteiger charge is -2.05. The van der Waals surface area contributed by atoms with E-state index in [9.17, 15) is 4.79 Å². The van der Waals surface area contributed by atoms with Crippen LogP contribution in [0.3, 0.4) is 0 Å². The fourth-order valence-electron chi connectivity index (χ4n) is 1.50. The fraction of sp³-hybridized carbons (Fsp3) is 0.0909. The molecule has 0 saturated heterocycles. The highest BCUT2D eigenvalue weighted by Gasteiger charge is 2.14. The molecule has 0 fully saturated rings. The van der Waals surface area contributed by atoms with Gasteiger partial charge in [0.2, 0.25) is 0 Å². The number of hydrazine groups is 1. The zero-order valence-corrected chi connectivity index (χ0v) is 9.34. The quantitative estimate of drug-likeness (QED) is 0.395. The van der Waals surface area contributed by atoms with Crippen molar-refractivity contribution in [3.63, 3.8) is 0 Å². The number of aryl methyl sites for hydroxylation is 1. The van der Waals surface area contributed by atoms with Crippen molar-refractivity contribution in [3.8, 4) is 5.69 Å². The number of hydrogen-bond acceptors (Lipinski definition) is 4. The number of amides is 1. The maximum absolute atomic E-state index is 11.4. The van der Waals surface area contributed by atoms with Gasteiger partial charge in [-0.2, -0.15) is 5.10 Å². The van der Waals surface area contributed by atoms with E-state index >= 15 is 0 Å². The zero-order chi connectivity index (χ0) is 12.4. The molecule has 0 saturated carbocycles. The van der Waals surface area contributed by atoms with Gasteiger partial charge in [-0.1, -0.05) is 17.7 Å². The number of hydrogen-bond donors (Lipinski definition) is 3. The topological polar surface area (TPSA) is 99.0 Å². The molecule has 0 atom stereocenters. The predicted octanol–water partition coefficient (Wildman–Crippen LogP) is 0.366. The molecule has 0 spiro atoms.